The first-order chi connectivity index (χ1) is 12.5. The first-order valence-electron chi connectivity index (χ1n) is 8.20. The Morgan fingerprint density at radius 1 is 1.00 bits per heavy atom. The number of aromatic nitrogens is 2. The monoisotopic (exact) mass is 348 g/mol. The van der Waals surface area contributed by atoms with E-state index in [2.05, 4.69) is 10.4 Å². The van der Waals surface area contributed by atoms with E-state index in [0.29, 0.717) is 16.9 Å². The van der Waals surface area contributed by atoms with Gasteiger partial charge in [-0.05, 0) is 31.2 Å². The highest BCUT2D eigenvalue weighted by Crippen LogP contribution is 2.22. The fourth-order valence-electron chi connectivity index (χ4n) is 2.52. The number of para-hydroxylation sites is 1. The van der Waals surface area contributed by atoms with Crippen molar-refractivity contribution in [1.82, 2.24) is 14.7 Å². The summed E-state index contributed by atoms with van der Waals surface area (Å²) < 4.78 is 1.56. The maximum absolute atomic E-state index is 12.7. The van der Waals surface area contributed by atoms with Crippen LogP contribution in [0.15, 0.2) is 60.8 Å². The molecule has 2 amide bonds. The maximum atomic E-state index is 12.7. The number of nitrogens with zero attached hydrogens (tertiary/aromatic N) is 3. The number of carbonyl (C=O) groups is 2. The molecule has 0 radical (unpaired) electrons. The number of nitrogens with one attached hydrogen (secondary N) is 1. The van der Waals surface area contributed by atoms with Crippen molar-refractivity contribution in [1.29, 1.82) is 0 Å². The third-order valence-electron chi connectivity index (χ3n) is 3.95. The molecule has 26 heavy (non-hydrogen) atoms. The molecule has 2 aromatic carbocycles. The zero-order chi connectivity index (χ0) is 18.7. The summed E-state index contributed by atoms with van der Waals surface area (Å²) in [6.45, 7) is 1.96. The van der Waals surface area contributed by atoms with E-state index >= 15 is 0 Å². The molecule has 0 bridgehead atoms. The Bertz CT molecular complexity index is 928. The van der Waals surface area contributed by atoms with Gasteiger partial charge in [0.1, 0.15) is 11.4 Å². The lowest BCUT2D eigenvalue weighted by Crippen LogP contribution is -2.24. The Kier molecular flexibility index (Phi) is 4.84. The van der Waals surface area contributed by atoms with E-state index in [-0.39, 0.29) is 11.8 Å². The van der Waals surface area contributed by atoms with E-state index in [1.54, 1.807) is 30.9 Å². The minimum absolute atomic E-state index is 0.230. The number of benzene rings is 2. The van der Waals surface area contributed by atoms with Crippen molar-refractivity contribution in [2.45, 2.75) is 6.92 Å². The number of carbonyl (C=O) groups excluding carboxylic acids is 2. The van der Waals surface area contributed by atoms with Gasteiger partial charge >= 0.3 is 0 Å². The molecular formula is C20H20N4O2. The van der Waals surface area contributed by atoms with E-state index in [1.165, 1.54) is 11.1 Å². The molecule has 1 N–H and O–H groups in total. The van der Waals surface area contributed by atoms with Crippen LogP contribution in [0.3, 0.4) is 0 Å². The largest absolute Gasteiger partial charge is 0.345 e. The van der Waals surface area contributed by atoms with Crippen molar-refractivity contribution in [2.75, 3.05) is 19.4 Å². The molecule has 0 aliphatic heterocycles. The standard InChI is InChI=1S/C20H20N4O2/c1-14-9-11-15(12-10-14)19(25)22-18-17(20(26)23(2)3)13-21-24(18)16-7-5-4-6-8-16/h4-13H,1-3H3,(H,22,25). The lowest BCUT2D eigenvalue weighted by Gasteiger charge is -2.14. The van der Waals surface area contributed by atoms with Crippen molar-refractivity contribution in [3.63, 3.8) is 0 Å². The zero-order valence-corrected chi connectivity index (χ0v) is 14.9. The van der Waals surface area contributed by atoms with Gasteiger partial charge in [0.15, 0.2) is 0 Å². The number of amides is 2. The lowest BCUT2D eigenvalue weighted by atomic mass is 10.1. The van der Waals surface area contributed by atoms with Gasteiger partial charge in [-0.2, -0.15) is 5.10 Å². The molecule has 0 saturated heterocycles. The Morgan fingerprint density at radius 3 is 2.27 bits per heavy atom. The topological polar surface area (TPSA) is 67.2 Å². The van der Waals surface area contributed by atoms with Gasteiger partial charge in [-0.25, -0.2) is 4.68 Å². The highest BCUT2D eigenvalue weighted by atomic mass is 16.2. The Hall–Kier alpha value is -3.41. The Labute approximate surface area is 152 Å². The third-order valence-corrected chi connectivity index (χ3v) is 3.95. The minimum atomic E-state index is -0.296. The molecule has 0 atom stereocenters. The number of hydrogen-bond acceptors (Lipinski definition) is 3. The van der Waals surface area contributed by atoms with Crippen LogP contribution in [0.25, 0.3) is 5.69 Å². The molecule has 132 valence electrons. The van der Waals surface area contributed by atoms with Gasteiger partial charge in [0.05, 0.1) is 11.9 Å². The number of aryl methyl sites for hydroxylation is 1. The summed E-state index contributed by atoms with van der Waals surface area (Å²) >= 11 is 0. The molecule has 1 heterocycles. The molecule has 0 unspecified atom stereocenters. The molecule has 3 rings (SSSR count). The SMILES string of the molecule is Cc1ccc(C(=O)Nc2c(C(=O)N(C)C)cnn2-c2ccccc2)cc1. The third kappa shape index (κ3) is 3.49. The van der Waals surface area contributed by atoms with Crippen molar-refractivity contribution in [3.8, 4) is 5.69 Å². The Morgan fingerprint density at radius 2 is 1.65 bits per heavy atom. The van der Waals surface area contributed by atoms with E-state index in [4.69, 9.17) is 0 Å². The smallest absolute Gasteiger partial charge is 0.258 e. The zero-order valence-electron chi connectivity index (χ0n) is 14.9. The van der Waals surface area contributed by atoms with Crippen molar-refractivity contribution < 1.29 is 9.59 Å². The van der Waals surface area contributed by atoms with Crippen LogP contribution in [0.4, 0.5) is 5.82 Å². The van der Waals surface area contributed by atoms with Crippen LogP contribution in [0, 0.1) is 6.92 Å². The summed E-state index contributed by atoms with van der Waals surface area (Å²) in [4.78, 5) is 26.6. The first-order valence-corrected chi connectivity index (χ1v) is 8.20. The van der Waals surface area contributed by atoms with Crippen LogP contribution < -0.4 is 5.32 Å². The first kappa shape index (κ1) is 17.4. The molecule has 0 saturated carbocycles. The molecule has 6 heteroatoms. The summed E-state index contributed by atoms with van der Waals surface area (Å²) in [5, 5.41) is 7.15. The average Bonchev–Trinajstić information content (AvgIpc) is 3.05. The summed E-state index contributed by atoms with van der Waals surface area (Å²) in [7, 11) is 3.32. The van der Waals surface area contributed by atoms with Crippen LogP contribution in [0.5, 0.6) is 0 Å². The molecule has 0 aliphatic carbocycles. The second kappa shape index (κ2) is 7.23. The maximum Gasteiger partial charge on any atom is 0.258 e. The second-order valence-corrected chi connectivity index (χ2v) is 6.17. The lowest BCUT2D eigenvalue weighted by molar-refractivity contribution is 0.0828. The normalized spacial score (nSPS) is 10.4. The van der Waals surface area contributed by atoms with Crippen LogP contribution in [-0.4, -0.2) is 40.6 Å². The van der Waals surface area contributed by atoms with Gasteiger partial charge in [0.25, 0.3) is 11.8 Å². The van der Waals surface area contributed by atoms with Gasteiger partial charge < -0.3 is 10.2 Å². The fraction of sp³-hybridized carbons (Fsp3) is 0.150. The summed E-state index contributed by atoms with van der Waals surface area (Å²) in [6.07, 6.45) is 1.47. The molecular weight excluding hydrogens is 328 g/mol. The van der Waals surface area contributed by atoms with Crippen LogP contribution in [0.1, 0.15) is 26.3 Å². The second-order valence-electron chi connectivity index (χ2n) is 6.17. The molecule has 0 aliphatic rings. The number of hydrogen-bond donors (Lipinski definition) is 1. The number of rotatable bonds is 4. The van der Waals surface area contributed by atoms with E-state index in [9.17, 15) is 9.59 Å². The highest BCUT2D eigenvalue weighted by molar-refractivity contribution is 6.08. The molecule has 0 fully saturated rings. The molecule has 0 spiro atoms. The van der Waals surface area contributed by atoms with E-state index in [1.807, 2.05) is 49.4 Å². The summed E-state index contributed by atoms with van der Waals surface area (Å²) in [6, 6.07) is 16.6. The van der Waals surface area contributed by atoms with Gasteiger partial charge in [-0.3, -0.25) is 9.59 Å². The molecule has 6 nitrogen and oxygen atoms in total. The fourth-order valence-corrected chi connectivity index (χ4v) is 2.52. The van der Waals surface area contributed by atoms with Gasteiger partial charge in [-0.1, -0.05) is 35.9 Å². The number of anilines is 1. The summed E-state index contributed by atoms with van der Waals surface area (Å²) in [5.41, 5.74) is 2.67. The average molecular weight is 348 g/mol. The molecule has 3 aromatic rings. The van der Waals surface area contributed by atoms with Crippen LogP contribution >= 0.6 is 0 Å². The van der Waals surface area contributed by atoms with Gasteiger partial charge in [-0.15, -0.1) is 0 Å². The van der Waals surface area contributed by atoms with Gasteiger partial charge in [0, 0.05) is 19.7 Å². The van der Waals surface area contributed by atoms with Crippen LogP contribution in [-0.2, 0) is 0 Å². The minimum Gasteiger partial charge on any atom is -0.345 e. The Balaban J connectivity index is 2.02. The van der Waals surface area contributed by atoms with Gasteiger partial charge in [0.2, 0.25) is 0 Å². The summed E-state index contributed by atoms with van der Waals surface area (Å²) in [5.74, 6) is -0.178. The highest BCUT2D eigenvalue weighted by Gasteiger charge is 2.22. The van der Waals surface area contributed by atoms with Crippen molar-refractivity contribution in [2.24, 2.45) is 0 Å². The van der Waals surface area contributed by atoms with E-state index < -0.39 is 0 Å². The van der Waals surface area contributed by atoms with E-state index in [0.717, 1.165) is 11.3 Å². The van der Waals surface area contributed by atoms with Crippen molar-refractivity contribution >= 4 is 17.6 Å². The van der Waals surface area contributed by atoms with Crippen molar-refractivity contribution in [3.05, 3.63) is 77.5 Å². The predicted molar refractivity (Wildman–Crippen MR) is 101 cm³/mol. The predicted octanol–water partition coefficient (Wildman–Crippen LogP) is 3.13. The quantitative estimate of drug-likeness (QED) is 0.788. The molecule has 1 aromatic heterocycles. The van der Waals surface area contributed by atoms with Crippen LogP contribution in [0.2, 0.25) is 0 Å².